The van der Waals surface area contributed by atoms with Crippen LogP contribution in [0.2, 0.25) is 0 Å². The molecule has 0 spiro atoms. The lowest BCUT2D eigenvalue weighted by Gasteiger charge is -2.24. The maximum absolute atomic E-state index is 12.8. The van der Waals surface area contributed by atoms with Crippen LogP contribution < -0.4 is 0 Å². The maximum Gasteiger partial charge on any atom is 0.416 e. The van der Waals surface area contributed by atoms with E-state index in [1.165, 1.54) is 12.1 Å². The normalized spacial score (nSPS) is 17.5. The summed E-state index contributed by atoms with van der Waals surface area (Å²) >= 11 is 0. The predicted molar refractivity (Wildman–Crippen MR) is 109 cm³/mol. The van der Waals surface area contributed by atoms with Crippen LogP contribution in [0.15, 0.2) is 54.9 Å². The molecule has 1 atom stereocenters. The molecule has 0 aliphatic carbocycles. The van der Waals surface area contributed by atoms with Crippen LogP contribution >= 0.6 is 0 Å². The van der Waals surface area contributed by atoms with Gasteiger partial charge < -0.3 is 4.57 Å². The molecule has 1 aliphatic rings. The summed E-state index contributed by atoms with van der Waals surface area (Å²) < 4.78 is 40.5. The number of hydrogen-bond donors (Lipinski definition) is 0. The van der Waals surface area contributed by atoms with Crippen molar-refractivity contribution in [2.75, 3.05) is 6.54 Å². The van der Waals surface area contributed by atoms with Gasteiger partial charge in [0.05, 0.1) is 23.8 Å². The molecular formula is C23H25F3N4. The average molecular weight is 414 g/mol. The lowest BCUT2D eigenvalue weighted by atomic mass is 10.1. The van der Waals surface area contributed by atoms with Gasteiger partial charge in [-0.05, 0) is 56.1 Å². The number of rotatable bonds is 6. The Morgan fingerprint density at radius 3 is 2.63 bits per heavy atom. The number of imidazole rings is 1. The summed E-state index contributed by atoms with van der Waals surface area (Å²) in [5.74, 6) is 1.06. The molecule has 1 unspecified atom stereocenters. The van der Waals surface area contributed by atoms with Gasteiger partial charge in [-0.1, -0.05) is 18.2 Å². The second-order valence-electron chi connectivity index (χ2n) is 7.68. The summed E-state index contributed by atoms with van der Waals surface area (Å²) in [5, 5.41) is 0. The smallest absolute Gasteiger partial charge is 0.334 e. The quantitative estimate of drug-likeness (QED) is 0.553. The molecule has 3 aromatic rings. The number of alkyl halides is 3. The van der Waals surface area contributed by atoms with Crippen molar-refractivity contribution < 1.29 is 13.2 Å². The number of hydrogen-bond acceptors (Lipinski definition) is 3. The number of aryl methyl sites for hydroxylation is 1. The first-order valence-corrected chi connectivity index (χ1v) is 10.3. The van der Waals surface area contributed by atoms with Crippen LogP contribution in [-0.2, 0) is 25.7 Å². The molecular weight excluding hydrogens is 389 g/mol. The number of nitrogens with zero attached hydrogens (tertiary/aromatic N) is 4. The first-order chi connectivity index (χ1) is 14.4. The standard InChI is InChI=1S/C23H25F3N4/c1-2-29-14-12-27-22(29)16-30-13-4-7-21(30)20-6-3-5-19(28-20)15-17-8-10-18(11-9-17)23(24,25)26/h3,5-6,8-12,14,21H,2,4,7,13,15-16H2,1H3. The molecule has 1 aromatic carbocycles. The third kappa shape index (κ3) is 4.56. The summed E-state index contributed by atoms with van der Waals surface area (Å²) in [4.78, 5) is 11.8. The van der Waals surface area contributed by atoms with E-state index in [1.807, 2.05) is 30.6 Å². The number of benzene rings is 1. The van der Waals surface area contributed by atoms with Gasteiger partial charge >= 0.3 is 6.18 Å². The molecule has 158 valence electrons. The van der Waals surface area contributed by atoms with Crippen LogP contribution in [-0.4, -0.2) is 26.0 Å². The van der Waals surface area contributed by atoms with E-state index in [1.54, 1.807) is 0 Å². The van der Waals surface area contributed by atoms with Crippen molar-refractivity contribution in [1.29, 1.82) is 0 Å². The molecule has 4 nitrogen and oxygen atoms in total. The van der Waals surface area contributed by atoms with Crippen molar-refractivity contribution in [1.82, 2.24) is 19.4 Å². The van der Waals surface area contributed by atoms with Gasteiger partial charge in [-0.15, -0.1) is 0 Å². The molecule has 1 fully saturated rings. The molecule has 30 heavy (non-hydrogen) atoms. The second kappa shape index (κ2) is 8.60. The van der Waals surface area contributed by atoms with Gasteiger partial charge in [0.1, 0.15) is 5.82 Å². The lowest BCUT2D eigenvalue weighted by Crippen LogP contribution is -2.25. The molecule has 0 amide bonds. The van der Waals surface area contributed by atoms with Crippen molar-refractivity contribution in [2.45, 2.75) is 51.5 Å². The number of halogens is 3. The van der Waals surface area contributed by atoms with Gasteiger partial charge in [-0.3, -0.25) is 9.88 Å². The van der Waals surface area contributed by atoms with Crippen molar-refractivity contribution >= 4 is 0 Å². The summed E-state index contributed by atoms with van der Waals surface area (Å²) in [6.45, 7) is 4.80. The highest BCUT2D eigenvalue weighted by Crippen LogP contribution is 2.32. The van der Waals surface area contributed by atoms with Crippen LogP contribution in [0.3, 0.4) is 0 Å². The first kappa shape index (κ1) is 20.6. The molecule has 7 heteroatoms. The zero-order chi connectivity index (χ0) is 21.1. The fourth-order valence-corrected chi connectivity index (χ4v) is 4.11. The highest BCUT2D eigenvalue weighted by Gasteiger charge is 2.30. The Bertz CT molecular complexity index is 979. The Morgan fingerprint density at radius 1 is 1.10 bits per heavy atom. The van der Waals surface area contributed by atoms with Crippen LogP contribution in [0.25, 0.3) is 0 Å². The largest absolute Gasteiger partial charge is 0.416 e. The van der Waals surface area contributed by atoms with Crippen LogP contribution in [0.1, 0.15) is 54.1 Å². The maximum atomic E-state index is 12.8. The SMILES string of the molecule is CCn1ccnc1CN1CCCC1c1cccc(Cc2ccc(C(F)(F)F)cc2)n1. The second-order valence-corrected chi connectivity index (χ2v) is 7.68. The highest BCUT2D eigenvalue weighted by molar-refractivity contribution is 5.28. The predicted octanol–water partition coefficient (Wildman–Crippen LogP) is 5.24. The Balaban J connectivity index is 1.48. The minimum Gasteiger partial charge on any atom is -0.334 e. The summed E-state index contributed by atoms with van der Waals surface area (Å²) in [5.41, 5.74) is 2.08. The van der Waals surface area contributed by atoms with Gasteiger partial charge in [0.15, 0.2) is 0 Å². The molecule has 0 saturated carbocycles. The fraction of sp³-hybridized carbons (Fsp3) is 0.391. The number of aromatic nitrogens is 3. The fourth-order valence-electron chi connectivity index (χ4n) is 4.11. The Kier molecular flexibility index (Phi) is 5.90. The zero-order valence-corrected chi connectivity index (χ0v) is 16.9. The zero-order valence-electron chi connectivity index (χ0n) is 16.9. The van der Waals surface area contributed by atoms with E-state index in [2.05, 4.69) is 21.4 Å². The molecule has 2 aromatic heterocycles. The van der Waals surface area contributed by atoms with Crippen molar-refractivity contribution in [3.63, 3.8) is 0 Å². The Morgan fingerprint density at radius 2 is 1.90 bits per heavy atom. The van der Waals surface area contributed by atoms with Crippen LogP contribution in [0.5, 0.6) is 0 Å². The van der Waals surface area contributed by atoms with Crippen LogP contribution in [0.4, 0.5) is 13.2 Å². The molecule has 0 N–H and O–H groups in total. The van der Waals surface area contributed by atoms with Crippen molar-refractivity contribution in [3.8, 4) is 0 Å². The molecule has 0 radical (unpaired) electrons. The van der Waals surface area contributed by atoms with E-state index in [4.69, 9.17) is 4.98 Å². The highest BCUT2D eigenvalue weighted by atomic mass is 19.4. The molecule has 1 aliphatic heterocycles. The lowest BCUT2D eigenvalue weighted by molar-refractivity contribution is -0.137. The van der Waals surface area contributed by atoms with Crippen molar-refractivity contribution in [2.24, 2.45) is 0 Å². The van der Waals surface area contributed by atoms with E-state index in [-0.39, 0.29) is 6.04 Å². The molecule has 3 heterocycles. The summed E-state index contributed by atoms with van der Waals surface area (Å²) in [6.07, 6.45) is 2.20. The van der Waals surface area contributed by atoms with E-state index in [9.17, 15) is 13.2 Å². The topological polar surface area (TPSA) is 34.0 Å². The third-order valence-corrected chi connectivity index (χ3v) is 5.69. The van der Waals surface area contributed by atoms with Gasteiger partial charge in [0.25, 0.3) is 0 Å². The molecule has 4 rings (SSSR count). The first-order valence-electron chi connectivity index (χ1n) is 10.3. The van der Waals surface area contributed by atoms with Gasteiger partial charge in [0.2, 0.25) is 0 Å². The van der Waals surface area contributed by atoms with Crippen molar-refractivity contribution in [3.05, 3.63) is 83.2 Å². The van der Waals surface area contributed by atoms with E-state index < -0.39 is 11.7 Å². The number of likely N-dealkylation sites (tertiary alicyclic amines) is 1. The summed E-state index contributed by atoms with van der Waals surface area (Å²) in [6, 6.07) is 11.5. The minimum absolute atomic E-state index is 0.236. The summed E-state index contributed by atoms with van der Waals surface area (Å²) in [7, 11) is 0. The van der Waals surface area contributed by atoms with Gasteiger partial charge in [-0.2, -0.15) is 13.2 Å². The van der Waals surface area contributed by atoms with E-state index in [0.717, 1.165) is 67.4 Å². The van der Waals surface area contributed by atoms with Crippen LogP contribution in [0, 0.1) is 0 Å². The van der Waals surface area contributed by atoms with Gasteiger partial charge in [-0.25, -0.2) is 4.98 Å². The Labute approximate surface area is 174 Å². The average Bonchev–Trinajstić information content (AvgIpc) is 3.37. The van der Waals surface area contributed by atoms with E-state index >= 15 is 0 Å². The van der Waals surface area contributed by atoms with Gasteiger partial charge in [0, 0.05) is 31.1 Å². The third-order valence-electron chi connectivity index (χ3n) is 5.69. The molecule has 0 bridgehead atoms. The number of pyridine rings is 1. The molecule has 1 saturated heterocycles. The Hall–Kier alpha value is -2.67. The minimum atomic E-state index is -4.31. The van der Waals surface area contributed by atoms with E-state index in [0.29, 0.717) is 6.42 Å². The monoisotopic (exact) mass is 414 g/mol.